The van der Waals surface area contributed by atoms with Crippen molar-refractivity contribution < 1.29 is 0 Å². The Morgan fingerprint density at radius 3 is 2.33 bits per heavy atom. The lowest BCUT2D eigenvalue weighted by atomic mass is 10.1. The van der Waals surface area contributed by atoms with E-state index in [0.717, 1.165) is 25.2 Å². The molecule has 2 heteroatoms. The lowest BCUT2D eigenvalue weighted by Crippen LogP contribution is -2.46. The van der Waals surface area contributed by atoms with Gasteiger partial charge in [0.25, 0.3) is 0 Å². The topological polar surface area (TPSA) is 15.3 Å². The van der Waals surface area contributed by atoms with E-state index in [9.17, 15) is 0 Å². The van der Waals surface area contributed by atoms with Gasteiger partial charge in [0.2, 0.25) is 0 Å². The van der Waals surface area contributed by atoms with E-state index >= 15 is 0 Å². The van der Waals surface area contributed by atoms with Crippen LogP contribution in [0.3, 0.4) is 0 Å². The van der Waals surface area contributed by atoms with Gasteiger partial charge in [0.05, 0.1) is 0 Å². The highest BCUT2D eigenvalue weighted by Crippen LogP contribution is 2.25. The highest BCUT2D eigenvalue weighted by Gasteiger charge is 2.25. The molecule has 0 heterocycles. The molecule has 1 saturated carbocycles. The molecule has 1 unspecified atom stereocenters. The lowest BCUT2D eigenvalue weighted by Gasteiger charge is -2.35. The van der Waals surface area contributed by atoms with Gasteiger partial charge in [-0.1, -0.05) is 33.6 Å². The zero-order valence-electron chi connectivity index (χ0n) is 10.8. The Hall–Kier alpha value is -0.0800. The molecule has 0 saturated heterocycles. The normalized spacial score (nSPS) is 20.0. The van der Waals surface area contributed by atoms with E-state index in [0.29, 0.717) is 0 Å². The molecular weight excluding hydrogens is 184 g/mol. The van der Waals surface area contributed by atoms with Crippen molar-refractivity contribution >= 4 is 0 Å². The minimum absolute atomic E-state index is 0.748. The molecular formula is C13H28N2. The summed E-state index contributed by atoms with van der Waals surface area (Å²) in [5, 5.41) is 3.50. The third kappa shape index (κ3) is 3.76. The summed E-state index contributed by atoms with van der Waals surface area (Å²) in [6.45, 7) is 10.3. The van der Waals surface area contributed by atoms with Crippen molar-refractivity contribution in [1.29, 1.82) is 0 Å². The number of hydrogen-bond acceptors (Lipinski definition) is 2. The Morgan fingerprint density at radius 1 is 1.20 bits per heavy atom. The summed E-state index contributed by atoms with van der Waals surface area (Å²) >= 11 is 0. The van der Waals surface area contributed by atoms with Gasteiger partial charge >= 0.3 is 0 Å². The molecule has 1 N–H and O–H groups in total. The standard InChI is InChI=1S/C13H28N2/c1-4-12(11-14-5-2)15(6-3)13-9-7-8-10-13/h12-14H,4-11H2,1-3H3. The number of hydrogen-bond donors (Lipinski definition) is 1. The second-order valence-corrected chi connectivity index (χ2v) is 4.64. The molecule has 1 aliphatic rings. The van der Waals surface area contributed by atoms with E-state index < -0.39 is 0 Å². The monoisotopic (exact) mass is 212 g/mol. The summed E-state index contributed by atoms with van der Waals surface area (Å²) < 4.78 is 0. The smallest absolute Gasteiger partial charge is 0.0220 e. The Balaban J connectivity index is 2.44. The predicted molar refractivity (Wildman–Crippen MR) is 67.3 cm³/mol. The average molecular weight is 212 g/mol. The maximum absolute atomic E-state index is 3.50. The van der Waals surface area contributed by atoms with Crippen LogP contribution in [-0.2, 0) is 0 Å². The molecule has 2 nitrogen and oxygen atoms in total. The van der Waals surface area contributed by atoms with Gasteiger partial charge in [-0.05, 0) is 32.4 Å². The van der Waals surface area contributed by atoms with Gasteiger partial charge in [0, 0.05) is 18.6 Å². The SMILES string of the molecule is CCNCC(CC)N(CC)C1CCCC1. The lowest BCUT2D eigenvalue weighted by molar-refractivity contribution is 0.137. The number of nitrogens with zero attached hydrogens (tertiary/aromatic N) is 1. The first-order valence-corrected chi connectivity index (χ1v) is 6.79. The van der Waals surface area contributed by atoms with Crippen molar-refractivity contribution in [3.8, 4) is 0 Å². The molecule has 0 aliphatic heterocycles. The summed E-state index contributed by atoms with van der Waals surface area (Å²) in [5.41, 5.74) is 0. The first-order chi connectivity index (χ1) is 7.33. The molecule has 1 aliphatic carbocycles. The predicted octanol–water partition coefficient (Wildman–Crippen LogP) is 2.64. The van der Waals surface area contributed by atoms with Crippen molar-refractivity contribution in [2.24, 2.45) is 0 Å². The summed E-state index contributed by atoms with van der Waals surface area (Å²) in [5.74, 6) is 0. The van der Waals surface area contributed by atoms with Crippen LogP contribution in [0, 0.1) is 0 Å². The van der Waals surface area contributed by atoms with Gasteiger partial charge in [-0.15, -0.1) is 0 Å². The van der Waals surface area contributed by atoms with Crippen LogP contribution in [0.4, 0.5) is 0 Å². The van der Waals surface area contributed by atoms with Crippen LogP contribution in [-0.4, -0.2) is 36.6 Å². The third-order valence-corrected chi connectivity index (χ3v) is 3.73. The van der Waals surface area contributed by atoms with Gasteiger partial charge in [0.15, 0.2) is 0 Å². The zero-order chi connectivity index (χ0) is 11.1. The molecule has 1 atom stereocenters. The van der Waals surface area contributed by atoms with Gasteiger partial charge in [-0.3, -0.25) is 4.90 Å². The molecule has 90 valence electrons. The minimum Gasteiger partial charge on any atom is -0.315 e. The summed E-state index contributed by atoms with van der Waals surface area (Å²) in [6, 6.07) is 1.62. The number of likely N-dealkylation sites (N-methyl/N-ethyl adjacent to an activating group) is 2. The fourth-order valence-electron chi connectivity index (χ4n) is 2.86. The van der Waals surface area contributed by atoms with E-state index in [4.69, 9.17) is 0 Å². The van der Waals surface area contributed by atoms with E-state index in [2.05, 4.69) is 31.0 Å². The van der Waals surface area contributed by atoms with Crippen molar-refractivity contribution in [2.45, 2.75) is 65.0 Å². The average Bonchev–Trinajstić information content (AvgIpc) is 2.77. The summed E-state index contributed by atoms with van der Waals surface area (Å²) in [6.07, 6.45) is 7.02. The van der Waals surface area contributed by atoms with Gasteiger partial charge in [-0.2, -0.15) is 0 Å². The first-order valence-electron chi connectivity index (χ1n) is 6.79. The van der Waals surface area contributed by atoms with E-state index in [1.165, 1.54) is 38.6 Å². The Labute approximate surface area is 95.4 Å². The zero-order valence-corrected chi connectivity index (χ0v) is 10.8. The van der Waals surface area contributed by atoms with Crippen LogP contribution >= 0.6 is 0 Å². The largest absolute Gasteiger partial charge is 0.315 e. The molecule has 1 rings (SSSR count). The molecule has 0 amide bonds. The van der Waals surface area contributed by atoms with Crippen LogP contribution in [0.1, 0.15) is 52.9 Å². The highest BCUT2D eigenvalue weighted by molar-refractivity contribution is 4.82. The second-order valence-electron chi connectivity index (χ2n) is 4.64. The van der Waals surface area contributed by atoms with Crippen molar-refractivity contribution in [3.05, 3.63) is 0 Å². The summed E-state index contributed by atoms with van der Waals surface area (Å²) in [4.78, 5) is 2.73. The summed E-state index contributed by atoms with van der Waals surface area (Å²) in [7, 11) is 0. The minimum atomic E-state index is 0.748. The Morgan fingerprint density at radius 2 is 1.87 bits per heavy atom. The quantitative estimate of drug-likeness (QED) is 0.698. The van der Waals surface area contributed by atoms with Crippen molar-refractivity contribution in [2.75, 3.05) is 19.6 Å². The molecule has 0 aromatic rings. The Bertz CT molecular complexity index is 153. The first kappa shape index (κ1) is 13.0. The maximum atomic E-state index is 3.50. The van der Waals surface area contributed by atoms with E-state index in [-0.39, 0.29) is 0 Å². The molecule has 0 aromatic heterocycles. The van der Waals surface area contributed by atoms with Crippen LogP contribution in [0.15, 0.2) is 0 Å². The molecule has 15 heavy (non-hydrogen) atoms. The van der Waals surface area contributed by atoms with Crippen molar-refractivity contribution in [3.63, 3.8) is 0 Å². The molecule has 0 aromatic carbocycles. The third-order valence-electron chi connectivity index (χ3n) is 3.73. The molecule has 1 fully saturated rings. The highest BCUT2D eigenvalue weighted by atomic mass is 15.2. The number of nitrogens with one attached hydrogen (secondary N) is 1. The fourth-order valence-corrected chi connectivity index (χ4v) is 2.86. The van der Waals surface area contributed by atoms with E-state index in [1.807, 2.05) is 0 Å². The second kappa shape index (κ2) is 7.24. The van der Waals surface area contributed by atoms with Gasteiger partial charge in [-0.25, -0.2) is 0 Å². The van der Waals surface area contributed by atoms with Gasteiger partial charge < -0.3 is 5.32 Å². The van der Waals surface area contributed by atoms with Crippen LogP contribution in [0.25, 0.3) is 0 Å². The van der Waals surface area contributed by atoms with E-state index in [1.54, 1.807) is 0 Å². The van der Waals surface area contributed by atoms with Crippen LogP contribution in [0.5, 0.6) is 0 Å². The molecule has 0 bridgehead atoms. The number of rotatable bonds is 7. The molecule has 0 spiro atoms. The van der Waals surface area contributed by atoms with Crippen LogP contribution in [0.2, 0.25) is 0 Å². The maximum Gasteiger partial charge on any atom is 0.0220 e. The van der Waals surface area contributed by atoms with Crippen molar-refractivity contribution in [1.82, 2.24) is 10.2 Å². The molecule has 0 radical (unpaired) electrons. The van der Waals surface area contributed by atoms with Gasteiger partial charge in [0.1, 0.15) is 0 Å². The Kier molecular flexibility index (Phi) is 6.26. The fraction of sp³-hybridized carbons (Fsp3) is 1.00. The van der Waals surface area contributed by atoms with Crippen LogP contribution < -0.4 is 5.32 Å².